The van der Waals surface area contributed by atoms with Crippen molar-refractivity contribution in [2.75, 3.05) is 32.2 Å². The Kier molecular flexibility index (Phi) is 8.06. The third-order valence-electron chi connectivity index (χ3n) is 3.61. The second-order valence-corrected chi connectivity index (χ2v) is 5.47. The minimum Gasteiger partial charge on any atom is -0.497 e. The number of amides is 1. The molecule has 1 N–H and O–H groups in total. The van der Waals surface area contributed by atoms with Crippen LogP contribution < -0.4 is 10.1 Å². The van der Waals surface area contributed by atoms with Gasteiger partial charge in [-0.25, -0.2) is 4.79 Å². The molecule has 0 bridgehead atoms. The Labute approximate surface area is 158 Å². The molecule has 0 aliphatic carbocycles. The first-order chi connectivity index (χ1) is 13.1. The molecular weight excluding hydrogens is 346 g/mol. The van der Waals surface area contributed by atoms with E-state index >= 15 is 0 Å². The third kappa shape index (κ3) is 6.60. The number of rotatable bonds is 9. The first kappa shape index (κ1) is 20.2. The van der Waals surface area contributed by atoms with E-state index in [0.29, 0.717) is 24.5 Å². The van der Waals surface area contributed by atoms with E-state index in [1.54, 1.807) is 37.5 Å². The summed E-state index contributed by atoms with van der Waals surface area (Å²) in [6, 6.07) is 14.0. The molecule has 1 amide bonds. The van der Waals surface area contributed by atoms with E-state index in [1.807, 2.05) is 31.2 Å². The summed E-state index contributed by atoms with van der Waals surface area (Å²) < 4.78 is 15.4. The monoisotopic (exact) mass is 369 g/mol. The van der Waals surface area contributed by atoms with Gasteiger partial charge in [0.05, 0.1) is 25.0 Å². The molecule has 0 aromatic heterocycles. The van der Waals surface area contributed by atoms with Crippen molar-refractivity contribution in [2.24, 2.45) is 0 Å². The molecule has 142 valence electrons. The van der Waals surface area contributed by atoms with Crippen molar-refractivity contribution in [1.29, 1.82) is 0 Å². The fourth-order valence-corrected chi connectivity index (χ4v) is 2.25. The number of methoxy groups -OCH3 is 1. The second kappa shape index (κ2) is 10.8. The van der Waals surface area contributed by atoms with Crippen molar-refractivity contribution in [3.63, 3.8) is 0 Å². The van der Waals surface area contributed by atoms with Crippen LogP contribution in [-0.4, -0.2) is 38.8 Å². The van der Waals surface area contributed by atoms with Crippen LogP contribution in [0, 0.1) is 0 Å². The van der Waals surface area contributed by atoms with Crippen LogP contribution in [-0.2, 0) is 14.3 Å². The van der Waals surface area contributed by atoms with Crippen molar-refractivity contribution in [3.8, 4) is 5.75 Å². The highest BCUT2D eigenvalue weighted by molar-refractivity contribution is 6.06. The molecule has 0 unspecified atom stereocenters. The number of benzene rings is 2. The Bertz CT molecular complexity index is 783. The highest BCUT2D eigenvalue weighted by Crippen LogP contribution is 2.17. The molecule has 0 heterocycles. The number of hydrogen-bond donors (Lipinski definition) is 1. The molecule has 0 fully saturated rings. The van der Waals surface area contributed by atoms with Gasteiger partial charge in [0.15, 0.2) is 0 Å². The smallest absolute Gasteiger partial charge is 0.340 e. The Hall–Kier alpha value is -3.12. The van der Waals surface area contributed by atoms with Gasteiger partial charge in [0.25, 0.3) is 0 Å². The topological polar surface area (TPSA) is 73.9 Å². The SMILES string of the molecule is CCOCCOC(=O)c1ccccc1NC(=O)/C=C/c1ccc(OC)cc1. The molecule has 6 heteroatoms. The molecule has 0 radical (unpaired) electrons. The van der Waals surface area contributed by atoms with Gasteiger partial charge in [-0.3, -0.25) is 4.79 Å². The van der Waals surface area contributed by atoms with Crippen LogP contribution in [0.5, 0.6) is 5.75 Å². The quantitative estimate of drug-likeness (QED) is 0.416. The zero-order valence-corrected chi connectivity index (χ0v) is 15.4. The number of para-hydroxylation sites is 1. The van der Waals surface area contributed by atoms with Gasteiger partial charge < -0.3 is 19.5 Å². The highest BCUT2D eigenvalue weighted by atomic mass is 16.6. The van der Waals surface area contributed by atoms with Crippen LogP contribution in [0.4, 0.5) is 5.69 Å². The summed E-state index contributed by atoms with van der Waals surface area (Å²) in [5.41, 5.74) is 1.54. The van der Waals surface area contributed by atoms with E-state index < -0.39 is 5.97 Å². The van der Waals surface area contributed by atoms with Crippen molar-refractivity contribution in [2.45, 2.75) is 6.92 Å². The van der Waals surface area contributed by atoms with Gasteiger partial charge in [-0.05, 0) is 42.8 Å². The molecule has 0 aliphatic heterocycles. The lowest BCUT2D eigenvalue weighted by Crippen LogP contribution is -2.15. The van der Waals surface area contributed by atoms with E-state index in [0.717, 1.165) is 11.3 Å². The molecule has 0 saturated carbocycles. The third-order valence-corrected chi connectivity index (χ3v) is 3.61. The molecule has 6 nitrogen and oxygen atoms in total. The summed E-state index contributed by atoms with van der Waals surface area (Å²) in [4.78, 5) is 24.4. The number of carbonyl (C=O) groups excluding carboxylic acids is 2. The molecule has 0 aliphatic rings. The first-order valence-corrected chi connectivity index (χ1v) is 8.61. The lowest BCUT2D eigenvalue weighted by atomic mass is 10.1. The minimum atomic E-state index is -0.510. The summed E-state index contributed by atoms with van der Waals surface area (Å²) in [6.45, 7) is 2.92. The highest BCUT2D eigenvalue weighted by Gasteiger charge is 2.13. The van der Waals surface area contributed by atoms with Gasteiger partial charge in [-0.2, -0.15) is 0 Å². The molecule has 2 aromatic carbocycles. The second-order valence-electron chi connectivity index (χ2n) is 5.47. The standard InChI is InChI=1S/C21H23NO5/c1-3-26-14-15-27-21(24)18-6-4-5-7-19(18)22-20(23)13-10-16-8-11-17(25-2)12-9-16/h4-13H,3,14-15H2,1-2H3,(H,22,23)/b13-10+. The summed E-state index contributed by atoms with van der Waals surface area (Å²) in [5, 5.41) is 2.70. The summed E-state index contributed by atoms with van der Waals surface area (Å²) in [6.07, 6.45) is 3.08. The first-order valence-electron chi connectivity index (χ1n) is 8.61. The van der Waals surface area contributed by atoms with Crippen molar-refractivity contribution >= 4 is 23.6 Å². The molecule has 27 heavy (non-hydrogen) atoms. The van der Waals surface area contributed by atoms with Gasteiger partial charge in [-0.15, -0.1) is 0 Å². The lowest BCUT2D eigenvalue weighted by Gasteiger charge is -2.10. The average molecular weight is 369 g/mol. The average Bonchev–Trinajstić information content (AvgIpc) is 2.70. The number of hydrogen-bond acceptors (Lipinski definition) is 5. The van der Waals surface area contributed by atoms with Gasteiger partial charge in [0.2, 0.25) is 5.91 Å². The normalized spacial score (nSPS) is 10.6. The zero-order chi connectivity index (χ0) is 19.5. The molecular formula is C21H23NO5. The maximum Gasteiger partial charge on any atom is 0.340 e. The Balaban J connectivity index is 1.98. The van der Waals surface area contributed by atoms with Crippen LogP contribution in [0.1, 0.15) is 22.8 Å². The van der Waals surface area contributed by atoms with Gasteiger partial charge in [-0.1, -0.05) is 24.3 Å². The van der Waals surface area contributed by atoms with Gasteiger partial charge in [0, 0.05) is 12.7 Å². The van der Waals surface area contributed by atoms with E-state index in [9.17, 15) is 9.59 Å². The molecule has 2 rings (SSSR count). The maximum absolute atomic E-state index is 12.2. The summed E-state index contributed by atoms with van der Waals surface area (Å²) >= 11 is 0. The molecule has 0 atom stereocenters. The van der Waals surface area contributed by atoms with Crippen molar-refractivity contribution in [1.82, 2.24) is 0 Å². The van der Waals surface area contributed by atoms with E-state index in [-0.39, 0.29) is 12.5 Å². The van der Waals surface area contributed by atoms with Crippen LogP contribution in [0.25, 0.3) is 6.08 Å². The fourth-order valence-electron chi connectivity index (χ4n) is 2.25. The van der Waals surface area contributed by atoms with Crippen LogP contribution >= 0.6 is 0 Å². The summed E-state index contributed by atoms with van der Waals surface area (Å²) in [7, 11) is 1.59. The van der Waals surface area contributed by atoms with Gasteiger partial charge >= 0.3 is 5.97 Å². The van der Waals surface area contributed by atoms with Crippen LogP contribution in [0.2, 0.25) is 0 Å². The Morgan fingerprint density at radius 1 is 1.04 bits per heavy atom. The predicted molar refractivity (Wildman–Crippen MR) is 104 cm³/mol. The van der Waals surface area contributed by atoms with E-state index in [1.165, 1.54) is 6.08 Å². The van der Waals surface area contributed by atoms with Crippen LogP contribution in [0.3, 0.4) is 0 Å². The number of esters is 1. The van der Waals surface area contributed by atoms with Crippen molar-refractivity contribution < 1.29 is 23.8 Å². The number of carbonyl (C=O) groups is 2. The number of anilines is 1. The number of ether oxygens (including phenoxy) is 3. The Morgan fingerprint density at radius 3 is 2.48 bits per heavy atom. The predicted octanol–water partition coefficient (Wildman–Crippen LogP) is 3.54. The zero-order valence-electron chi connectivity index (χ0n) is 15.4. The molecule has 2 aromatic rings. The largest absolute Gasteiger partial charge is 0.497 e. The van der Waals surface area contributed by atoms with Gasteiger partial charge in [0.1, 0.15) is 12.4 Å². The van der Waals surface area contributed by atoms with E-state index in [4.69, 9.17) is 14.2 Å². The minimum absolute atomic E-state index is 0.159. The van der Waals surface area contributed by atoms with Crippen molar-refractivity contribution in [3.05, 3.63) is 65.7 Å². The molecule has 0 saturated heterocycles. The maximum atomic E-state index is 12.2. The number of nitrogens with one attached hydrogen (secondary N) is 1. The fraction of sp³-hybridized carbons (Fsp3) is 0.238. The Morgan fingerprint density at radius 2 is 1.78 bits per heavy atom. The van der Waals surface area contributed by atoms with Crippen LogP contribution in [0.15, 0.2) is 54.6 Å². The van der Waals surface area contributed by atoms with E-state index in [2.05, 4.69) is 5.32 Å². The molecule has 0 spiro atoms. The summed E-state index contributed by atoms with van der Waals surface area (Å²) in [5.74, 6) is -0.113. The lowest BCUT2D eigenvalue weighted by molar-refractivity contribution is -0.111.